The van der Waals surface area contributed by atoms with Crippen LogP contribution in [-0.4, -0.2) is 40.6 Å². The molecule has 0 unspecified atom stereocenters. The van der Waals surface area contributed by atoms with Gasteiger partial charge in [0, 0.05) is 36.0 Å². The van der Waals surface area contributed by atoms with Crippen LogP contribution in [0.15, 0.2) is 0 Å². The Hall–Kier alpha value is 0.470. The van der Waals surface area contributed by atoms with Gasteiger partial charge < -0.3 is 5.11 Å². The molecule has 1 radical (unpaired) electrons. The van der Waals surface area contributed by atoms with E-state index in [0.29, 0.717) is 6.42 Å². The van der Waals surface area contributed by atoms with E-state index < -0.39 is 5.97 Å². The van der Waals surface area contributed by atoms with Crippen LogP contribution >= 0.6 is 0 Å². The van der Waals surface area contributed by atoms with Crippen molar-refractivity contribution in [2.24, 2.45) is 0 Å². The third kappa shape index (κ3) is 24.8. The molecule has 0 aromatic carbocycles. The fourth-order valence-electron chi connectivity index (χ4n) is 3.00. The predicted molar refractivity (Wildman–Crippen MR) is 102 cm³/mol. The molecule has 0 fully saturated rings. The molecule has 0 aromatic heterocycles. The zero-order valence-electron chi connectivity index (χ0n) is 16.1. The van der Waals surface area contributed by atoms with E-state index in [0.717, 1.165) is 12.8 Å². The van der Waals surface area contributed by atoms with E-state index >= 15 is 0 Å². The molecule has 0 saturated carbocycles. The van der Waals surface area contributed by atoms with E-state index in [2.05, 4.69) is 6.92 Å². The molecule has 0 aliphatic heterocycles. The smallest absolute Gasteiger partial charge is 0.303 e. The monoisotopic (exact) mass is 335 g/mol. The first-order valence-corrected chi connectivity index (χ1v) is 9.99. The zero-order valence-corrected chi connectivity index (χ0v) is 18.1. The predicted octanol–water partition coefficient (Wildman–Crippen LogP) is 6.73. The van der Waals surface area contributed by atoms with Gasteiger partial charge in [-0.3, -0.25) is 4.79 Å². The molecule has 0 heterocycles. The number of hydrogen-bond acceptors (Lipinski definition) is 1. The molecule has 0 aromatic rings. The van der Waals surface area contributed by atoms with Crippen LogP contribution in [0.3, 0.4) is 0 Å². The SMILES string of the molecule is CCCCCCCCCCCCCCCCCCCC(=O)O.[Na]. The van der Waals surface area contributed by atoms with Crippen LogP contribution in [0.25, 0.3) is 0 Å². The first-order chi connectivity index (χ1) is 10.8. The van der Waals surface area contributed by atoms with Crippen molar-refractivity contribution >= 4 is 35.5 Å². The fraction of sp³-hybridized carbons (Fsp3) is 0.950. The second-order valence-corrected chi connectivity index (χ2v) is 6.80. The van der Waals surface area contributed by atoms with Crippen LogP contribution in [0.5, 0.6) is 0 Å². The number of aliphatic carboxylic acids is 1. The maximum Gasteiger partial charge on any atom is 0.303 e. The van der Waals surface area contributed by atoms with Crippen LogP contribution in [0, 0.1) is 0 Å². The number of carboxylic acids is 1. The summed E-state index contributed by atoms with van der Waals surface area (Å²) in [5, 5.41) is 8.54. The number of rotatable bonds is 18. The molecule has 2 nitrogen and oxygen atoms in total. The van der Waals surface area contributed by atoms with E-state index in [1.165, 1.54) is 96.3 Å². The molecule has 133 valence electrons. The van der Waals surface area contributed by atoms with Crippen molar-refractivity contribution in [2.45, 2.75) is 122 Å². The normalized spacial score (nSPS) is 10.5. The second kappa shape index (κ2) is 22.5. The van der Waals surface area contributed by atoms with Crippen molar-refractivity contribution in [1.29, 1.82) is 0 Å². The van der Waals surface area contributed by atoms with Gasteiger partial charge in [-0.25, -0.2) is 0 Å². The van der Waals surface area contributed by atoms with Crippen LogP contribution in [0.2, 0.25) is 0 Å². The first-order valence-electron chi connectivity index (χ1n) is 9.99. The van der Waals surface area contributed by atoms with Crippen molar-refractivity contribution in [3.05, 3.63) is 0 Å². The van der Waals surface area contributed by atoms with E-state index in [4.69, 9.17) is 5.11 Å². The van der Waals surface area contributed by atoms with Crippen LogP contribution in [-0.2, 0) is 4.79 Å². The van der Waals surface area contributed by atoms with E-state index in [1.807, 2.05) is 0 Å². The summed E-state index contributed by atoms with van der Waals surface area (Å²) < 4.78 is 0. The maximum absolute atomic E-state index is 10.4. The summed E-state index contributed by atoms with van der Waals surface area (Å²) in [5.74, 6) is -0.652. The van der Waals surface area contributed by atoms with Gasteiger partial charge in [0.1, 0.15) is 0 Å². The van der Waals surface area contributed by atoms with Crippen molar-refractivity contribution in [3.8, 4) is 0 Å². The van der Waals surface area contributed by atoms with Gasteiger partial charge in [0.25, 0.3) is 0 Å². The summed E-state index contributed by atoms with van der Waals surface area (Å²) in [4.78, 5) is 10.4. The van der Waals surface area contributed by atoms with Crippen LogP contribution in [0.4, 0.5) is 0 Å². The molecule has 23 heavy (non-hydrogen) atoms. The third-order valence-electron chi connectivity index (χ3n) is 4.49. The van der Waals surface area contributed by atoms with Crippen LogP contribution < -0.4 is 0 Å². The molecule has 0 bridgehead atoms. The van der Waals surface area contributed by atoms with Gasteiger partial charge in [0.2, 0.25) is 0 Å². The molecular formula is C20H40NaO2. The molecule has 0 aliphatic rings. The van der Waals surface area contributed by atoms with Crippen molar-refractivity contribution in [1.82, 2.24) is 0 Å². The van der Waals surface area contributed by atoms with Gasteiger partial charge in [-0.15, -0.1) is 0 Å². The first kappa shape index (κ1) is 25.7. The van der Waals surface area contributed by atoms with Gasteiger partial charge in [-0.05, 0) is 6.42 Å². The van der Waals surface area contributed by atoms with Crippen molar-refractivity contribution in [2.75, 3.05) is 0 Å². The van der Waals surface area contributed by atoms with Gasteiger partial charge in [-0.2, -0.15) is 0 Å². The Morgan fingerprint density at radius 3 is 1.09 bits per heavy atom. The summed E-state index contributed by atoms with van der Waals surface area (Å²) in [6.07, 6.45) is 23.1. The van der Waals surface area contributed by atoms with E-state index in [9.17, 15) is 4.79 Å². The Labute approximate surface area is 167 Å². The maximum atomic E-state index is 10.4. The minimum absolute atomic E-state index is 0. The average molecular weight is 336 g/mol. The molecule has 0 rings (SSSR count). The Kier molecular flexibility index (Phi) is 25.1. The number of carboxylic acid groups (broad SMARTS) is 1. The standard InChI is InChI=1S/C20H40O2.Na/c1-2-3-4-5-6-7-8-9-10-11-12-13-14-15-16-17-18-19-20(21)22;/h2-19H2,1H3,(H,21,22);. The average Bonchev–Trinajstić information content (AvgIpc) is 2.50. The van der Waals surface area contributed by atoms with Gasteiger partial charge >= 0.3 is 5.97 Å². The van der Waals surface area contributed by atoms with E-state index in [-0.39, 0.29) is 29.6 Å². The molecular weight excluding hydrogens is 295 g/mol. The Balaban J connectivity index is 0. The Morgan fingerprint density at radius 1 is 0.565 bits per heavy atom. The topological polar surface area (TPSA) is 37.3 Å². The molecule has 3 heteroatoms. The second-order valence-electron chi connectivity index (χ2n) is 6.80. The molecule has 0 amide bonds. The molecule has 0 atom stereocenters. The number of hydrogen-bond donors (Lipinski definition) is 1. The van der Waals surface area contributed by atoms with Gasteiger partial charge in [0.05, 0.1) is 0 Å². The summed E-state index contributed by atoms with van der Waals surface area (Å²) in [6, 6.07) is 0. The molecule has 0 aliphatic carbocycles. The van der Waals surface area contributed by atoms with E-state index in [1.54, 1.807) is 0 Å². The van der Waals surface area contributed by atoms with Crippen LogP contribution in [0.1, 0.15) is 122 Å². The quantitative estimate of drug-likeness (QED) is 0.223. The summed E-state index contributed by atoms with van der Waals surface area (Å²) >= 11 is 0. The summed E-state index contributed by atoms with van der Waals surface area (Å²) in [5.41, 5.74) is 0. The van der Waals surface area contributed by atoms with Gasteiger partial charge in [-0.1, -0.05) is 110 Å². The largest absolute Gasteiger partial charge is 0.481 e. The molecule has 0 spiro atoms. The molecule has 1 N–H and O–H groups in total. The summed E-state index contributed by atoms with van der Waals surface area (Å²) in [7, 11) is 0. The third-order valence-corrected chi connectivity index (χ3v) is 4.49. The fourth-order valence-corrected chi connectivity index (χ4v) is 3.00. The number of carbonyl (C=O) groups is 1. The van der Waals surface area contributed by atoms with Crippen molar-refractivity contribution < 1.29 is 9.90 Å². The van der Waals surface area contributed by atoms with Gasteiger partial charge in [0.15, 0.2) is 0 Å². The Bertz CT molecular complexity index is 232. The van der Waals surface area contributed by atoms with Crippen molar-refractivity contribution in [3.63, 3.8) is 0 Å². The number of unbranched alkanes of at least 4 members (excludes halogenated alkanes) is 16. The zero-order chi connectivity index (χ0) is 16.3. The Morgan fingerprint density at radius 2 is 0.826 bits per heavy atom. The summed E-state index contributed by atoms with van der Waals surface area (Å²) in [6.45, 7) is 2.28. The minimum atomic E-state index is -0.652. The molecule has 0 saturated heterocycles. The minimum Gasteiger partial charge on any atom is -0.481 e.